The number of H-pyrrole nitrogens is 1. The second-order valence-corrected chi connectivity index (χ2v) is 13.3. The van der Waals surface area contributed by atoms with Crippen molar-refractivity contribution in [2.45, 2.75) is 71.4 Å². The Morgan fingerprint density at radius 2 is 1.71 bits per heavy atom. The first-order valence-corrected chi connectivity index (χ1v) is 14.0. The van der Waals surface area contributed by atoms with Gasteiger partial charge in [-0.1, -0.05) is 0 Å². The molecule has 5 atom stereocenters. The summed E-state index contributed by atoms with van der Waals surface area (Å²) in [4.78, 5) is 46.5. The number of phosphoric acid groups is 1. The number of esters is 2. The summed E-state index contributed by atoms with van der Waals surface area (Å²) in [5, 5.41) is 11.3. The second-order valence-electron chi connectivity index (χ2n) is 11.7. The Labute approximate surface area is 238 Å². The molecule has 2 aliphatic rings. The number of methoxy groups -OCH3 is 1. The minimum absolute atomic E-state index is 0.142. The molecule has 0 radical (unpaired) electrons. The molecule has 2 aromatic rings. The third-order valence-corrected chi connectivity index (χ3v) is 7.79. The highest BCUT2D eigenvalue weighted by Crippen LogP contribution is 2.69. The monoisotopic (exact) mass is 621 g/mol. The van der Waals surface area contributed by atoms with Crippen molar-refractivity contribution in [3.05, 3.63) is 16.7 Å². The lowest BCUT2D eigenvalue weighted by Crippen LogP contribution is -2.34. The van der Waals surface area contributed by atoms with E-state index in [0.29, 0.717) is 0 Å². The number of ether oxygens (including phenoxy) is 4. The molecule has 1 aliphatic carbocycles. The average Bonchev–Trinajstić information content (AvgIpc) is 3.11. The van der Waals surface area contributed by atoms with E-state index in [-0.39, 0.29) is 17.1 Å². The maximum absolute atomic E-state index is 15.9. The molecule has 2 aromatic heterocycles. The number of phosphoric ester groups is 1. The number of halogens is 1. The highest BCUT2D eigenvalue weighted by molar-refractivity contribution is 7.48. The second kappa shape index (κ2) is 10.6. The quantitative estimate of drug-likeness (QED) is 0.193. The highest BCUT2D eigenvalue weighted by atomic mass is 31.2. The summed E-state index contributed by atoms with van der Waals surface area (Å²) < 4.78 is 66.9. The van der Waals surface area contributed by atoms with Gasteiger partial charge < -0.3 is 29.8 Å². The smallest absolute Gasteiger partial charge is 0.437 e. The van der Waals surface area contributed by atoms with Crippen LogP contribution in [0.2, 0.25) is 0 Å². The van der Waals surface area contributed by atoms with Crippen LogP contribution in [-0.4, -0.2) is 80.9 Å². The van der Waals surface area contributed by atoms with Crippen LogP contribution in [0.15, 0.2) is 11.1 Å². The Hall–Kier alpha value is -2.99. The van der Waals surface area contributed by atoms with E-state index in [4.69, 9.17) is 38.3 Å². The third-order valence-electron chi connectivity index (χ3n) is 6.48. The Bertz CT molecular complexity index is 1440. The van der Waals surface area contributed by atoms with Gasteiger partial charge in [-0.05, 0) is 41.5 Å². The van der Waals surface area contributed by atoms with Gasteiger partial charge in [0.25, 0.3) is 5.56 Å². The zero-order valence-corrected chi connectivity index (χ0v) is 24.8. The van der Waals surface area contributed by atoms with E-state index in [1.54, 1.807) is 41.5 Å². The topological polar surface area (TPSA) is 226 Å². The Morgan fingerprint density at radius 1 is 1.17 bits per heavy atom. The lowest BCUT2D eigenvalue weighted by Gasteiger charge is -2.25. The zero-order valence-electron chi connectivity index (χ0n) is 23.9. The van der Waals surface area contributed by atoms with Gasteiger partial charge in [0.2, 0.25) is 25.3 Å². The SMILES string of the molecule is CO[C@]12O[C@@H](n3cnc4c(=O)[nH]c(N)nc43)[C@H](F)[C@@]1(O)C2OP(=O)(OCOC(=O)C(C)(C)C)OCOC(=O)C(C)(C)C. The van der Waals surface area contributed by atoms with E-state index in [2.05, 4.69) is 15.0 Å². The number of anilines is 1. The van der Waals surface area contributed by atoms with Crippen molar-refractivity contribution in [3.8, 4) is 0 Å². The molecule has 42 heavy (non-hydrogen) atoms. The molecule has 234 valence electrons. The third kappa shape index (κ3) is 5.43. The van der Waals surface area contributed by atoms with Gasteiger partial charge in [-0.25, -0.2) is 23.0 Å². The molecule has 2 fully saturated rings. The van der Waals surface area contributed by atoms with Crippen molar-refractivity contribution >= 4 is 36.9 Å². The van der Waals surface area contributed by atoms with E-state index >= 15 is 4.39 Å². The number of aromatic amines is 1. The number of nitrogens with two attached hydrogens (primary N) is 1. The fraction of sp³-hybridized carbons (Fsp3) is 0.696. The largest absolute Gasteiger partial charge is 0.481 e. The van der Waals surface area contributed by atoms with Crippen molar-refractivity contribution in [2.75, 3.05) is 26.4 Å². The fourth-order valence-corrected chi connectivity index (χ4v) is 5.21. The van der Waals surface area contributed by atoms with Crippen LogP contribution in [0.25, 0.3) is 11.2 Å². The van der Waals surface area contributed by atoms with Crippen LogP contribution in [0, 0.1) is 10.8 Å². The number of rotatable bonds is 10. The number of aromatic nitrogens is 4. The number of aliphatic hydroxyl groups is 1. The number of hydrogen-bond donors (Lipinski definition) is 3. The lowest BCUT2D eigenvalue weighted by molar-refractivity contribution is -0.203. The number of nitrogens with zero attached hydrogens (tertiary/aromatic N) is 3. The summed E-state index contributed by atoms with van der Waals surface area (Å²) in [6, 6.07) is 0. The van der Waals surface area contributed by atoms with E-state index in [9.17, 15) is 24.1 Å². The molecule has 1 saturated heterocycles. The van der Waals surface area contributed by atoms with E-state index in [0.717, 1.165) is 18.0 Å². The summed E-state index contributed by atoms with van der Waals surface area (Å²) >= 11 is 0. The molecular weight excluding hydrogens is 588 g/mol. The van der Waals surface area contributed by atoms with Crippen LogP contribution in [0.1, 0.15) is 47.8 Å². The molecular formula is C23H33FN5O12P. The molecule has 1 unspecified atom stereocenters. The first kappa shape index (κ1) is 31.9. The number of hydrogen-bond acceptors (Lipinski definition) is 15. The Kier molecular flexibility index (Phi) is 8.08. The first-order chi connectivity index (χ1) is 19.3. The molecule has 19 heteroatoms. The van der Waals surface area contributed by atoms with Crippen LogP contribution in [0.5, 0.6) is 0 Å². The van der Waals surface area contributed by atoms with Gasteiger partial charge in [0.1, 0.15) is 0 Å². The van der Waals surface area contributed by atoms with Crippen molar-refractivity contribution in [1.82, 2.24) is 19.5 Å². The summed E-state index contributed by atoms with van der Waals surface area (Å²) in [5.74, 6) is -3.98. The minimum atomic E-state index is -4.88. The number of fused-ring (bicyclic) bond motifs is 2. The lowest BCUT2D eigenvalue weighted by atomic mass is 9.98. The normalized spacial score (nSPS) is 27.6. The molecule has 0 bridgehead atoms. The maximum atomic E-state index is 15.9. The van der Waals surface area contributed by atoms with Crippen LogP contribution in [-0.2, 0) is 46.7 Å². The van der Waals surface area contributed by atoms with Crippen LogP contribution < -0.4 is 11.3 Å². The van der Waals surface area contributed by atoms with Gasteiger partial charge in [0.15, 0.2) is 35.3 Å². The summed E-state index contributed by atoms with van der Waals surface area (Å²) in [6.45, 7) is 7.52. The highest BCUT2D eigenvalue weighted by Gasteiger charge is 2.92. The number of carbonyl (C=O) groups excluding carboxylic acids is 2. The molecule has 0 amide bonds. The van der Waals surface area contributed by atoms with Crippen molar-refractivity contribution in [1.29, 1.82) is 0 Å². The van der Waals surface area contributed by atoms with E-state index in [1.807, 2.05) is 0 Å². The molecule has 0 spiro atoms. The summed E-state index contributed by atoms with van der Waals surface area (Å²) in [6.07, 6.45) is -4.75. The number of nitrogens with one attached hydrogen (secondary N) is 1. The molecule has 3 heterocycles. The van der Waals surface area contributed by atoms with Crippen molar-refractivity contribution in [2.24, 2.45) is 10.8 Å². The number of nitrogen functional groups attached to an aromatic ring is 1. The molecule has 0 aromatic carbocycles. The molecule has 1 saturated carbocycles. The van der Waals surface area contributed by atoms with Gasteiger partial charge in [-0.3, -0.25) is 28.5 Å². The average molecular weight is 622 g/mol. The molecule has 4 rings (SSSR count). The molecule has 1 aliphatic heterocycles. The molecule has 4 N–H and O–H groups in total. The van der Waals surface area contributed by atoms with Gasteiger partial charge in [0.05, 0.1) is 17.2 Å². The minimum Gasteiger partial charge on any atom is -0.437 e. The summed E-state index contributed by atoms with van der Waals surface area (Å²) in [5.41, 5.74) is 0.122. The van der Waals surface area contributed by atoms with E-state index in [1.165, 1.54) is 0 Å². The fourth-order valence-electron chi connectivity index (χ4n) is 4.09. The van der Waals surface area contributed by atoms with Gasteiger partial charge >= 0.3 is 19.8 Å². The van der Waals surface area contributed by atoms with Crippen LogP contribution in [0.4, 0.5) is 10.3 Å². The van der Waals surface area contributed by atoms with Crippen molar-refractivity contribution < 1.29 is 56.2 Å². The zero-order chi connectivity index (χ0) is 31.5. The molecule has 17 nitrogen and oxygen atoms in total. The van der Waals surface area contributed by atoms with Gasteiger partial charge in [0, 0.05) is 7.11 Å². The van der Waals surface area contributed by atoms with Crippen molar-refractivity contribution in [3.63, 3.8) is 0 Å². The van der Waals surface area contributed by atoms with Crippen LogP contribution >= 0.6 is 7.82 Å². The van der Waals surface area contributed by atoms with Crippen LogP contribution in [0.3, 0.4) is 0 Å². The number of alkyl halides is 1. The summed E-state index contributed by atoms with van der Waals surface area (Å²) in [7, 11) is -3.81. The Balaban J connectivity index is 1.55. The maximum Gasteiger partial charge on any atom is 0.481 e. The van der Waals surface area contributed by atoms with Gasteiger partial charge in [-0.2, -0.15) is 4.98 Å². The number of carbonyl (C=O) groups is 2. The predicted octanol–water partition coefficient (Wildman–Crippen LogP) is 1.28. The predicted molar refractivity (Wildman–Crippen MR) is 138 cm³/mol. The number of imidazole rings is 1. The standard InChI is InChI=1S/C23H33FN5O12P/c1-20(2,3)17(31)36-9-38-42(34,39-10-37-18(32)21(4,5)6)41-16-22(33)12(24)15(40-23(16,22)35-7)29-8-26-11-13(29)27-19(25)28-14(11)30/h8,12,15-16,33H,9-10H2,1-7H3,(H3,25,27,28,30)/t12-,15+,16?,22+,23+/m0/s1. The Morgan fingerprint density at radius 3 is 2.19 bits per heavy atom. The van der Waals surface area contributed by atoms with E-state index < -0.39 is 79.6 Å². The van der Waals surface area contributed by atoms with Gasteiger partial charge in [-0.15, -0.1) is 0 Å². The first-order valence-electron chi connectivity index (χ1n) is 12.5.